The number of nitrogens with zero attached hydrogens (tertiary/aromatic N) is 1. The third-order valence-corrected chi connectivity index (χ3v) is 2.23. The summed E-state index contributed by atoms with van der Waals surface area (Å²) in [6.07, 6.45) is 2.96. The Labute approximate surface area is 84.9 Å². The smallest absolute Gasteiger partial charge is 0.326 e. The minimum atomic E-state index is -0.948. The maximum absolute atomic E-state index is 11.1. The summed E-state index contributed by atoms with van der Waals surface area (Å²) in [6, 6.07) is -0.718. The summed E-state index contributed by atoms with van der Waals surface area (Å²) >= 11 is 0. The van der Waals surface area contributed by atoms with E-state index in [2.05, 4.69) is 6.92 Å². The van der Waals surface area contributed by atoms with E-state index in [0.717, 1.165) is 19.3 Å². The third-order valence-electron chi connectivity index (χ3n) is 2.23. The molecule has 0 aromatic carbocycles. The van der Waals surface area contributed by atoms with Gasteiger partial charge in [0.15, 0.2) is 0 Å². The number of hydrogen-bond donors (Lipinski definition) is 1. The Morgan fingerprint density at radius 1 is 1.36 bits per heavy atom. The summed E-state index contributed by atoms with van der Waals surface area (Å²) in [4.78, 5) is 23.2. The fraction of sp³-hybridized carbons (Fsp3) is 0.800. The molecule has 4 nitrogen and oxygen atoms in total. The van der Waals surface area contributed by atoms with Crippen LogP contribution in [0.1, 0.15) is 40.0 Å². The van der Waals surface area contributed by atoms with E-state index in [9.17, 15) is 9.59 Å². The van der Waals surface area contributed by atoms with Crippen molar-refractivity contribution in [1.82, 2.24) is 4.90 Å². The topological polar surface area (TPSA) is 57.6 Å². The van der Waals surface area contributed by atoms with Gasteiger partial charge in [-0.15, -0.1) is 0 Å². The quantitative estimate of drug-likeness (QED) is 0.662. The molecular weight excluding hydrogens is 182 g/mol. The highest BCUT2D eigenvalue weighted by Crippen LogP contribution is 2.04. The molecule has 1 N–H and O–H groups in total. The Hall–Kier alpha value is -1.06. The van der Waals surface area contributed by atoms with Gasteiger partial charge >= 0.3 is 5.97 Å². The van der Waals surface area contributed by atoms with Crippen LogP contribution in [0.4, 0.5) is 0 Å². The van der Waals surface area contributed by atoms with Crippen LogP contribution < -0.4 is 0 Å². The summed E-state index contributed by atoms with van der Waals surface area (Å²) in [5.41, 5.74) is 0. The molecule has 0 aliphatic heterocycles. The lowest BCUT2D eigenvalue weighted by atomic mass is 10.2. The van der Waals surface area contributed by atoms with Crippen LogP contribution in [0.3, 0.4) is 0 Å². The summed E-state index contributed by atoms with van der Waals surface area (Å²) < 4.78 is 0. The number of amides is 1. The van der Waals surface area contributed by atoms with Crippen molar-refractivity contribution in [2.24, 2.45) is 0 Å². The molecule has 0 bridgehead atoms. The summed E-state index contributed by atoms with van der Waals surface area (Å²) in [6.45, 7) is 5.55. The van der Waals surface area contributed by atoms with Crippen molar-refractivity contribution in [3.63, 3.8) is 0 Å². The Morgan fingerprint density at radius 3 is 2.29 bits per heavy atom. The number of hydrogen-bond acceptors (Lipinski definition) is 2. The van der Waals surface area contributed by atoms with Crippen molar-refractivity contribution in [2.45, 2.75) is 46.1 Å². The van der Waals surface area contributed by atoms with E-state index in [1.54, 1.807) is 0 Å². The van der Waals surface area contributed by atoms with Crippen molar-refractivity contribution in [3.05, 3.63) is 0 Å². The van der Waals surface area contributed by atoms with Crippen LogP contribution in [0.25, 0.3) is 0 Å². The van der Waals surface area contributed by atoms with Crippen molar-refractivity contribution in [3.8, 4) is 0 Å². The molecule has 0 spiro atoms. The number of aliphatic carboxylic acids is 1. The van der Waals surface area contributed by atoms with Crippen molar-refractivity contribution in [2.75, 3.05) is 6.54 Å². The molecule has 0 aliphatic carbocycles. The lowest BCUT2D eigenvalue weighted by Crippen LogP contribution is -2.42. The van der Waals surface area contributed by atoms with E-state index >= 15 is 0 Å². The van der Waals surface area contributed by atoms with Crippen LogP contribution >= 0.6 is 0 Å². The molecule has 1 unspecified atom stereocenters. The highest BCUT2D eigenvalue weighted by Gasteiger charge is 2.21. The molecule has 0 fully saturated rings. The molecular formula is C10H19NO3. The van der Waals surface area contributed by atoms with E-state index in [1.165, 1.54) is 18.7 Å². The molecule has 0 aromatic rings. The van der Waals surface area contributed by atoms with E-state index < -0.39 is 12.0 Å². The Balaban J connectivity index is 4.15. The van der Waals surface area contributed by atoms with Gasteiger partial charge < -0.3 is 10.0 Å². The SMILES string of the molecule is CCCCCN(C(C)=O)C(C)C(=O)O. The fourth-order valence-electron chi connectivity index (χ4n) is 1.29. The Kier molecular flexibility index (Phi) is 5.92. The van der Waals surface area contributed by atoms with Crippen LogP contribution in [-0.2, 0) is 9.59 Å². The van der Waals surface area contributed by atoms with Gasteiger partial charge in [-0.25, -0.2) is 4.79 Å². The number of rotatable bonds is 6. The highest BCUT2D eigenvalue weighted by molar-refractivity contribution is 5.81. The van der Waals surface area contributed by atoms with Gasteiger partial charge in [0.25, 0.3) is 0 Å². The van der Waals surface area contributed by atoms with Crippen LogP contribution in [-0.4, -0.2) is 34.5 Å². The lowest BCUT2D eigenvalue weighted by Gasteiger charge is -2.24. The first-order valence-electron chi connectivity index (χ1n) is 5.00. The fourth-order valence-corrected chi connectivity index (χ4v) is 1.29. The first kappa shape index (κ1) is 12.9. The molecule has 1 atom stereocenters. The van der Waals surface area contributed by atoms with Gasteiger partial charge in [0, 0.05) is 13.5 Å². The van der Waals surface area contributed by atoms with Crippen LogP contribution in [0, 0.1) is 0 Å². The minimum Gasteiger partial charge on any atom is -0.480 e. The second-order valence-electron chi connectivity index (χ2n) is 3.43. The van der Waals surface area contributed by atoms with Crippen LogP contribution in [0.2, 0.25) is 0 Å². The van der Waals surface area contributed by atoms with Gasteiger partial charge in [0.1, 0.15) is 6.04 Å². The van der Waals surface area contributed by atoms with Crippen LogP contribution in [0.15, 0.2) is 0 Å². The summed E-state index contributed by atoms with van der Waals surface area (Å²) in [5, 5.41) is 8.76. The monoisotopic (exact) mass is 201 g/mol. The lowest BCUT2D eigenvalue weighted by molar-refractivity contribution is -0.148. The summed E-state index contributed by atoms with van der Waals surface area (Å²) in [5.74, 6) is -1.12. The minimum absolute atomic E-state index is 0.170. The second kappa shape index (κ2) is 6.40. The molecule has 0 aliphatic rings. The van der Waals surface area contributed by atoms with Crippen molar-refractivity contribution >= 4 is 11.9 Å². The molecule has 0 saturated carbocycles. The Bertz CT molecular complexity index is 204. The van der Waals surface area contributed by atoms with E-state index in [4.69, 9.17) is 5.11 Å². The number of unbranched alkanes of at least 4 members (excludes halogenated alkanes) is 2. The first-order chi connectivity index (χ1) is 6.50. The van der Waals surface area contributed by atoms with Gasteiger partial charge in [0.05, 0.1) is 0 Å². The zero-order valence-corrected chi connectivity index (χ0v) is 9.12. The van der Waals surface area contributed by atoms with Gasteiger partial charge in [0.2, 0.25) is 5.91 Å². The zero-order valence-electron chi connectivity index (χ0n) is 9.12. The summed E-state index contributed by atoms with van der Waals surface area (Å²) in [7, 11) is 0. The van der Waals surface area contributed by atoms with Gasteiger partial charge in [-0.2, -0.15) is 0 Å². The van der Waals surface area contributed by atoms with Crippen LogP contribution in [0.5, 0.6) is 0 Å². The molecule has 0 rings (SSSR count). The molecule has 14 heavy (non-hydrogen) atoms. The number of carboxylic acids is 1. The zero-order chi connectivity index (χ0) is 11.1. The first-order valence-corrected chi connectivity index (χ1v) is 5.00. The molecule has 0 saturated heterocycles. The molecule has 1 amide bonds. The van der Waals surface area contributed by atoms with E-state index in [0.29, 0.717) is 6.54 Å². The second-order valence-corrected chi connectivity index (χ2v) is 3.43. The number of carboxylic acid groups (broad SMARTS) is 1. The molecule has 0 heterocycles. The predicted molar refractivity (Wildman–Crippen MR) is 54.0 cm³/mol. The highest BCUT2D eigenvalue weighted by atomic mass is 16.4. The maximum atomic E-state index is 11.1. The average molecular weight is 201 g/mol. The number of carbonyl (C=O) groups is 2. The number of carbonyl (C=O) groups excluding carboxylic acids is 1. The van der Waals surface area contributed by atoms with Gasteiger partial charge in [-0.3, -0.25) is 4.79 Å². The molecule has 0 aromatic heterocycles. The van der Waals surface area contributed by atoms with E-state index in [1.807, 2.05) is 0 Å². The largest absolute Gasteiger partial charge is 0.480 e. The standard InChI is InChI=1S/C10H19NO3/c1-4-5-6-7-11(9(3)12)8(2)10(13)14/h8H,4-7H2,1-3H3,(H,13,14). The van der Waals surface area contributed by atoms with Gasteiger partial charge in [-0.05, 0) is 13.3 Å². The van der Waals surface area contributed by atoms with Crippen molar-refractivity contribution in [1.29, 1.82) is 0 Å². The van der Waals surface area contributed by atoms with Crippen molar-refractivity contribution < 1.29 is 14.7 Å². The third kappa shape index (κ3) is 4.25. The molecule has 82 valence electrons. The average Bonchev–Trinajstić information content (AvgIpc) is 2.10. The molecule has 0 radical (unpaired) electrons. The van der Waals surface area contributed by atoms with Gasteiger partial charge in [-0.1, -0.05) is 19.8 Å². The maximum Gasteiger partial charge on any atom is 0.326 e. The Morgan fingerprint density at radius 2 is 1.93 bits per heavy atom. The molecule has 4 heteroatoms. The predicted octanol–water partition coefficient (Wildman–Crippen LogP) is 1.50. The normalized spacial score (nSPS) is 12.2. The van der Waals surface area contributed by atoms with E-state index in [-0.39, 0.29) is 5.91 Å².